The number of hydrogen-bond acceptors (Lipinski definition) is 3. The molecule has 0 amide bonds. The largest absolute Gasteiger partial charge is 0.344 e. The van der Waals surface area contributed by atoms with E-state index in [1.807, 2.05) is 0 Å². The van der Waals surface area contributed by atoms with Gasteiger partial charge in [-0.25, -0.2) is 0 Å². The van der Waals surface area contributed by atoms with Crippen molar-refractivity contribution < 1.29 is 15.3 Å². The van der Waals surface area contributed by atoms with Crippen molar-refractivity contribution in [2.75, 3.05) is 0 Å². The van der Waals surface area contributed by atoms with Gasteiger partial charge in [0.1, 0.15) is 0 Å². The van der Waals surface area contributed by atoms with Crippen molar-refractivity contribution in [3.63, 3.8) is 0 Å². The summed E-state index contributed by atoms with van der Waals surface area (Å²) in [6.45, 7) is 0. The highest BCUT2D eigenvalue weighted by atomic mass is 16.7. The Kier molecular flexibility index (Phi) is 2.28. The van der Waals surface area contributed by atoms with E-state index in [0.29, 0.717) is 5.92 Å². The molecule has 1 aliphatic rings. The molecule has 1 rings (SSSR count). The van der Waals surface area contributed by atoms with Crippen LogP contribution in [0.15, 0.2) is 0 Å². The standard InChI is InChI=1S/C7H14O3/c8-7(9,10)5-6-3-1-2-4-6/h6,8-10H,1-5H2. The Morgan fingerprint density at radius 1 is 1.10 bits per heavy atom. The van der Waals surface area contributed by atoms with Crippen LogP contribution >= 0.6 is 0 Å². The van der Waals surface area contributed by atoms with Crippen molar-refractivity contribution in [2.24, 2.45) is 5.92 Å². The van der Waals surface area contributed by atoms with Gasteiger partial charge in [-0.05, 0) is 5.92 Å². The molecule has 10 heavy (non-hydrogen) atoms. The molecule has 60 valence electrons. The molecule has 0 atom stereocenters. The molecule has 1 saturated carbocycles. The molecular weight excluding hydrogens is 132 g/mol. The third-order valence-corrected chi connectivity index (χ3v) is 2.04. The number of rotatable bonds is 2. The first-order chi connectivity index (χ1) is 4.58. The minimum Gasteiger partial charge on any atom is -0.344 e. The Bertz CT molecular complexity index is 99.9. The van der Waals surface area contributed by atoms with Gasteiger partial charge in [0.25, 0.3) is 5.97 Å². The van der Waals surface area contributed by atoms with Crippen molar-refractivity contribution in [1.82, 2.24) is 0 Å². The predicted molar refractivity (Wildman–Crippen MR) is 36.0 cm³/mol. The Morgan fingerprint density at radius 2 is 1.60 bits per heavy atom. The van der Waals surface area contributed by atoms with Gasteiger partial charge in [-0.15, -0.1) is 0 Å². The van der Waals surface area contributed by atoms with Crippen LogP contribution in [0.25, 0.3) is 0 Å². The molecule has 0 saturated heterocycles. The van der Waals surface area contributed by atoms with Gasteiger partial charge in [0.15, 0.2) is 0 Å². The van der Waals surface area contributed by atoms with Gasteiger partial charge in [0.2, 0.25) is 0 Å². The average Bonchev–Trinajstić information content (AvgIpc) is 2.12. The van der Waals surface area contributed by atoms with E-state index in [-0.39, 0.29) is 6.42 Å². The molecule has 3 N–H and O–H groups in total. The van der Waals surface area contributed by atoms with Crippen molar-refractivity contribution in [3.8, 4) is 0 Å². The molecule has 1 fully saturated rings. The molecule has 0 bridgehead atoms. The molecule has 0 aromatic carbocycles. The number of hydrogen-bond donors (Lipinski definition) is 3. The molecule has 0 spiro atoms. The summed E-state index contributed by atoms with van der Waals surface area (Å²) in [5.41, 5.74) is 0. The normalized spacial score (nSPS) is 21.9. The zero-order chi connectivity index (χ0) is 7.61. The highest BCUT2D eigenvalue weighted by Gasteiger charge is 2.26. The maximum Gasteiger partial charge on any atom is 0.275 e. The monoisotopic (exact) mass is 146 g/mol. The van der Waals surface area contributed by atoms with E-state index in [2.05, 4.69) is 0 Å². The minimum atomic E-state index is -2.44. The maximum absolute atomic E-state index is 8.59. The van der Waals surface area contributed by atoms with Crippen molar-refractivity contribution >= 4 is 0 Å². The summed E-state index contributed by atoms with van der Waals surface area (Å²) in [5, 5.41) is 25.8. The van der Waals surface area contributed by atoms with Gasteiger partial charge in [0.05, 0.1) is 0 Å². The summed E-state index contributed by atoms with van der Waals surface area (Å²) in [6.07, 6.45) is 4.45. The third-order valence-electron chi connectivity index (χ3n) is 2.04. The molecule has 0 aliphatic heterocycles. The first-order valence-electron chi connectivity index (χ1n) is 3.75. The van der Waals surface area contributed by atoms with Crippen molar-refractivity contribution in [1.29, 1.82) is 0 Å². The average molecular weight is 146 g/mol. The highest BCUT2D eigenvalue weighted by Crippen LogP contribution is 2.29. The SMILES string of the molecule is OC(O)(O)CC1CCCC1. The quantitative estimate of drug-likeness (QED) is 0.488. The number of aliphatic hydroxyl groups is 3. The fourth-order valence-electron chi connectivity index (χ4n) is 1.60. The Balaban J connectivity index is 2.24. The molecule has 0 heterocycles. The molecule has 0 aromatic rings. The summed E-state index contributed by atoms with van der Waals surface area (Å²) in [6, 6.07) is 0. The van der Waals surface area contributed by atoms with Gasteiger partial charge in [-0.1, -0.05) is 25.7 Å². The van der Waals surface area contributed by atoms with Gasteiger partial charge in [-0.2, -0.15) is 0 Å². The first-order valence-corrected chi connectivity index (χ1v) is 3.75. The van der Waals surface area contributed by atoms with Crippen LogP contribution < -0.4 is 0 Å². The fraction of sp³-hybridized carbons (Fsp3) is 1.00. The van der Waals surface area contributed by atoms with E-state index in [4.69, 9.17) is 15.3 Å². The van der Waals surface area contributed by atoms with E-state index in [0.717, 1.165) is 25.7 Å². The molecule has 3 heteroatoms. The van der Waals surface area contributed by atoms with Gasteiger partial charge in [0, 0.05) is 6.42 Å². The topological polar surface area (TPSA) is 60.7 Å². The molecule has 1 aliphatic carbocycles. The summed E-state index contributed by atoms with van der Waals surface area (Å²) < 4.78 is 0. The molecule has 3 nitrogen and oxygen atoms in total. The third kappa shape index (κ3) is 2.64. The molecule has 0 unspecified atom stereocenters. The summed E-state index contributed by atoms with van der Waals surface area (Å²) >= 11 is 0. The second kappa shape index (κ2) is 2.86. The fourth-order valence-corrected chi connectivity index (χ4v) is 1.60. The Labute approximate surface area is 60.3 Å². The van der Waals surface area contributed by atoms with E-state index in [1.165, 1.54) is 0 Å². The Morgan fingerprint density at radius 3 is 2.00 bits per heavy atom. The van der Waals surface area contributed by atoms with Crippen LogP contribution in [0, 0.1) is 5.92 Å². The van der Waals surface area contributed by atoms with Gasteiger partial charge >= 0.3 is 0 Å². The molecule has 0 radical (unpaired) electrons. The van der Waals surface area contributed by atoms with Gasteiger partial charge < -0.3 is 15.3 Å². The lowest BCUT2D eigenvalue weighted by Crippen LogP contribution is -2.29. The predicted octanol–water partition coefficient (Wildman–Crippen LogP) is 0.197. The van der Waals surface area contributed by atoms with Crippen LogP contribution in [0.2, 0.25) is 0 Å². The van der Waals surface area contributed by atoms with E-state index in [9.17, 15) is 0 Å². The molecule has 0 aromatic heterocycles. The van der Waals surface area contributed by atoms with E-state index < -0.39 is 5.97 Å². The summed E-state index contributed by atoms with van der Waals surface area (Å²) in [5.74, 6) is -2.13. The second-order valence-electron chi connectivity index (χ2n) is 3.13. The van der Waals surface area contributed by atoms with Gasteiger partial charge in [-0.3, -0.25) is 0 Å². The van der Waals surface area contributed by atoms with Crippen LogP contribution in [0.4, 0.5) is 0 Å². The lowest BCUT2D eigenvalue weighted by Gasteiger charge is -2.17. The van der Waals surface area contributed by atoms with Crippen LogP contribution in [-0.2, 0) is 0 Å². The minimum absolute atomic E-state index is 0.104. The van der Waals surface area contributed by atoms with E-state index in [1.54, 1.807) is 0 Å². The smallest absolute Gasteiger partial charge is 0.275 e. The van der Waals surface area contributed by atoms with Crippen LogP contribution in [0.3, 0.4) is 0 Å². The lowest BCUT2D eigenvalue weighted by atomic mass is 10.0. The first kappa shape index (κ1) is 7.98. The van der Waals surface area contributed by atoms with Crippen LogP contribution in [0.1, 0.15) is 32.1 Å². The second-order valence-corrected chi connectivity index (χ2v) is 3.13. The molecular formula is C7H14O3. The highest BCUT2D eigenvalue weighted by molar-refractivity contribution is 4.69. The lowest BCUT2D eigenvalue weighted by molar-refractivity contribution is -0.319. The zero-order valence-electron chi connectivity index (χ0n) is 5.95. The summed E-state index contributed by atoms with van der Waals surface area (Å²) in [4.78, 5) is 0. The van der Waals surface area contributed by atoms with Crippen molar-refractivity contribution in [3.05, 3.63) is 0 Å². The van der Waals surface area contributed by atoms with E-state index >= 15 is 0 Å². The van der Waals surface area contributed by atoms with Crippen LogP contribution in [0.5, 0.6) is 0 Å². The Hall–Kier alpha value is -0.120. The van der Waals surface area contributed by atoms with Crippen LogP contribution in [-0.4, -0.2) is 21.3 Å². The zero-order valence-corrected chi connectivity index (χ0v) is 5.95. The maximum atomic E-state index is 8.59. The van der Waals surface area contributed by atoms with Crippen molar-refractivity contribution in [2.45, 2.75) is 38.1 Å². The summed E-state index contributed by atoms with van der Waals surface area (Å²) in [7, 11) is 0.